The Hall–Kier alpha value is -4.72. The molecule has 0 amide bonds. The van der Waals surface area contributed by atoms with E-state index in [-0.39, 0.29) is 48.8 Å². The molecule has 7 atom stereocenters. The van der Waals surface area contributed by atoms with Gasteiger partial charge in [0.05, 0.1) is 18.6 Å². The molecule has 14 heteroatoms. The summed E-state index contributed by atoms with van der Waals surface area (Å²) in [5.74, 6) is -2.83. The van der Waals surface area contributed by atoms with Crippen molar-refractivity contribution in [2.75, 3.05) is 20.3 Å². The summed E-state index contributed by atoms with van der Waals surface area (Å²) in [6.07, 6.45) is 8.94. The maximum atomic E-state index is 14.1. The number of methoxy groups -OCH3 is 1. The molecule has 0 aliphatic carbocycles. The first-order valence-electron chi connectivity index (χ1n) is 20.4. The summed E-state index contributed by atoms with van der Waals surface area (Å²) in [7, 11) is 1.27. The molecule has 0 bridgehead atoms. The molecule has 14 nitrogen and oxygen atoms in total. The van der Waals surface area contributed by atoms with Crippen LogP contribution in [-0.4, -0.2) is 74.6 Å². The van der Waals surface area contributed by atoms with Gasteiger partial charge in [0.25, 0.3) is 5.95 Å². The normalized spacial score (nSPS) is 20.3. The van der Waals surface area contributed by atoms with Crippen LogP contribution in [-0.2, 0) is 57.8 Å². The van der Waals surface area contributed by atoms with Crippen LogP contribution in [0.3, 0.4) is 0 Å². The van der Waals surface area contributed by atoms with Crippen molar-refractivity contribution in [2.45, 2.75) is 157 Å². The molecule has 1 aromatic heterocycles. The van der Waals surface area contributed by atoms with Crippen molar-refractivity contribution in [3.05, 3.63) is 63.1 Å². The van der Waals surface area contributed by atoms with Crippen LogP contribution in [0.2, 0.25) is 0 Å². The molecule has 0 radical (unpaired) electrons. The van der Waals surface area contributed by atoms with Gasteiger partial charge in [0.15, 0.2) is 11.5 Å². The van der Waals surface area contributed by atoms with E-state index in [9.17, 15) is 28.8 Å². The number of carbonyl (C=O) groups excluding carboxylic acids is 5. The van der Waals surface area contributed by atoms with Crippen LogP contribution in [0.15, 0.2) is 50.7 Å². The van der Waals surface area contributed by atoms with Crippen LogP contribution in [0.1, 0.15) is 139 Å². The number of rotatable bonds is 22. The second kappa shape index (κ2) is 24.4. The van der Waals surface area contributed by atoms with Crippen LogP contribution in [0.25, 0.3) is 0 Å². The summed E-state index contributed by atoms with van der Waals surface area (Å²) < 4.78 is 45.4. The number of hydrogen-bond donors (Lipinski definition) is 0. The van der Waals surface area contributed by atoms with Crippen molar-refractivity contribution in [3.8, 4) is 5.95 Å². The van der Waals surface area contributed by atoms with E-state index in [0.717, 1.165) is 25.3 Å². The molecule has 3 unspecified atom stereocenters. The summed E-state index contributed by atoms with van der Waals surface area (Å²) in [5, 5.41) is 0. The lowest BCUT2D eigenvalue weighted by Crippen LogP contribution is -2.50. The quantitative estimate of drug-likeness (QED) is 0.0364. The third kappa shape index (κ3) is 17.2. The lowest BCUT2D eigenvalue weighted by molar-refractivity contribution is -0.215. The van der Waals surface area contributed by atoms with Gasteiger partial charge >= 0.3 is 29.8 Å². The van der Waals surface area contributed by atoms with E-state index in [1.165, 1.54) is 72.1 Å². The van der Waals surface area contributed by atoms with Crippen LogP contribution in [0, 0.1) is 11.8 Å². The van der Waals surface area contributed by atoms with Crippen LogP contribution >= 0.6 is 0 Å². The Morgan fingerprint density at radius 2 is 1.54 bits per heavy atom. The number of hydrogen-bond acceptors (Lipinski definition) is 14. The Labute approximate surface area is 349 Å². The zero-order chi connectivity index (χ0) is 44.4. The molecule has 2 rings (SSSR count). The molecule has 1 aliphatic heterocycles. The maximum absolute atomic E-state index is 14.1. The van der Waals surface area contributed by atoms with Gasteiger partial charge in [-0.2, -0.15) is 0 Å². The highest BCUT2D eigenvalue weighted by atomic mass is 16.6. The van der Waals surface area contributed by atoms with E-state index in [1.807, 2.05) is 13.0 Å². The highest BCUT2D eigenvalue weighted by molar-refractivity contribution is 5.68. The van der Waals surface area contributed by atoms with Gasteiger partial charge in [0, 0.05) is 53.0 Å². The topological polar surface area (TPSA) is 180 Å². The van der Waals surface area contributed by atoms with Crippen molar-refractivity contribution in [2.24, 2.45) is 11.8 Å². The van der Waals surface area contributed by atoms with E-state index in [2.05, 4.69) is 26.8 Å². The van der Waals surface area contributed by atoms with Gasteiger partial charge < -0.3 is 37.6 Å². The van der Waals surface area contributed by atoms with Gasteiger partial charge in [0.1, 0.15) is 42.8 Å². The van der Waals surface area contributed by atoms with Crippen LogP contribution in [0.5, 0.6) is 5.95 Å². The summed E-state index contributed by atoms with van der Waals surface area (Å²) in [6, 6.07) is 1.21. The molecule has 330 valence electrons. The molecule has 1 aliphatic rings. The summed E-state index contributed by atoms with van der Waals surface area (Å²) in [5.41, 5.74) is 0.0199. The Morgan fingerprint density at radius 3 is 2.12 bits per heavy atom. The average Bonchev–Trinajstić information content (AvgIpc) is 3.13. The summed E-state index contributed by atoms with van der Waals surface area (Å²) >= 11 is 0. The summed E-state index contributed by atoms with van der Waals surface area (Å²) in [4.78, 5) is 74.4. The van der Waals surface area contributed by atoms with Gasteiger partial charge in [-0.25, -0.2) is 0 Å². The maximum Gasteiger partial charge on any atom is 0.303 e. The van der Waals surface area contributed by atoms with Crippen LogP contribution < -0.4 is 10.2 Å². The second-order valence-corrected chi connectivity index (χ2v) is 16.0. The molecule has 0 aromatic carbocycles. The Morgan fingerprint density at radius 1 is 0.881 bits per heavy atom. The lowest BCUT2D eigenvalue weighted by Gasteiger charge is -2.40. The molecule has 1 aromatic rings. The molecule has 0 N–H and O–H groups in total. The minimum atomic E-state index is -1.37. The number of carbonyl (C=O) groups is 5. The van der Waals surface area contributed by atoms with Gasteiger partial charge in [-0.15, -0.1) is 0 Å². The third-order valence-electron chi connectivity index (χ3n) is 9.86. The summed E-state index contributed by atoms with van der Waals surface area (Å²) in [6.45, 7) is 18.0. The molecular weight excluding hydrogens is 764 g/mol. The van der Waals surface area contributed by atoms with Crippen LogP contribution in [0.4, 0.5) is 0 Å². The Balaban J connectivity index is 2.56. The zero-order valence-electron chi connectivity index (χ0n) is 37.0. The monoisotopic (exact) mass is 830 g/mol. The standard InChI is InChI=1S/C45H66O14/c1-13-14-15-16-17-27(2)20-29(4)22-35(25-53-30(5)46)21-28(3)18-19-39(56-33(8)49)45(10,11)40-24-37(51)41(44(52-12)59-40)43-42(57-34(9)50)38(55-32(7)48)23-36(58-43)26-54-31(6)47/h18-19,21-22,24,27,35-36,38-39,42-43H,13-17,20,23,25-26H2,1-12H3/b19-18+,28-21+,29-22-/t27?,35?,36-,38-,39?,42+,43-/m1/s1. The molecular formula is C45H66O14. The molecule has 1 saturated heterocycles. The highest BCUT2D eigenvalue weighted by Crippen LogP contribution is 2.40. The van der Waals surface area contributed by atoms with E-state index in [1.54, 1.807) is 26.0 Å². The highest BCUT2D eigenvalue weighted by Gasteiger charge is 2.47. The van der Waals surface area contributed by atoms with Crippen molar-refractivity contribution in [1.29, 1.82) is 0 Å². The predicted octanol–water partition coefficient (Wildman–Crippen LogP) is 7.74. The average molecular weight is 831 g/mol. The zero-order valence-corrected chi connectivity index (χ0v) is 37.0. The van der Waals surface area contributed by atoms with E-state index >= 15 is 0 Å². The first-order chi connectivity index (χ1) is 27.7. The largest absolute Gasteiger partial charge is 0.468 e. The number of esters is 5. The van der Waals surface area contributed by atoms with Crippen molar-refractivity contribution >= 4 is 29.8 Å². The van der Waals surface area contributed by atoms with Gasteiger partial charge in [-0.05, 0) is 46.1 Å². The second-order valence-electron chi connectivity index (χ2n) is 16.0. The third-order valence-corrected chi connectivity index (χ3v) is 9.86. The minimum absolute atomic E-state index is 0.0108. The fourth-order valence-corrected chi connectivity index (χ4v) is 7.08. The molecule has 0 spiro atoms. The lowest BCUT2D eigenvalue weighted by atomic mass is 9.82. The number of ether oxygens (including phenoxy) is 7. The minimum Gasteiger partial charge on any atom is -0.468 e. The van der Waals surface area contributed by atoms with E-state index in [4.69, 9.17) is 37.6 Å². The first kappa shape index (κ1) is 50.4. The molecule has 59 heavy (non-hydrogen) atoms. The smallest absolute Gasteiger partial charge is 0.303 e. The predicted molar refractivity (Wildman–Crippen MR) is 219 cm³/mol. The van der Waals surface area contributed by atoms with Crippen molar-refractivity contribution < 1.29 is 61.5 Å². The first-order valence-corrected chi connectivity index (χ1v) is 20.4. The molecule has 1 fully saturated rings. The van der Waals surface area contributed by atoms with Gasteiger partial charge in [-0.1, -0.05) is 75.3 Å². The molecule has 0 saturated carbocycles. The Kier molecular flexibility index (Phi) is 20.8. The van der Waals surface area contributed by atoms with Gasteiger partial charge in [-0.3, -0.25) is 28.8 Å². The number of unbranched alkanes of at least 4 members (excludes halogenated alkanes) is 3. The SMILES string of the molecule is CCCCCCC(C)C/C(C)=C\C(/C=C(C)/C=C/C(OC(C)=O)C(C)(C)c1cc(=O)c([C@H]2O[C@@H](COC(C)=O)C[C@@H](OC(C)=O)[C@@H]2OC(C)=O)c(OC)o1)COC(C)=O. The Bertz CT molecular complexity index is 1730. The fourth-order valence-electron chi connectivity index (χ4n) is 7.08. The molecule has 2 heterocycles. The van der Waals surface area contributed by atoms with Gasteiger partial charge in [0.2, 0.25) is 0 Å². The van der Waals surface area contributed by atoms with Crippen molar-refractivity contribution in [3.63, 3.8) is 0 Å². The number of allylic oxidation sites excluding steroid dienone is 3. The van der Waals surface area contributed by atoms with E-state index in [0.29, 0.717) is 5.92 Å². The fraction of sp³-hybridized carbons (Fsp3) is 0.644. The van der Waals surface area contributed by atoms with E-state index < -0.39 is 65.2 Å². The van der Waals surface area contributed by atoms with Crippen molar-refractivity contribution in [1.82, 2.24) is 0 Å².